The smallest absolute Gasteiger partial charge is 0.163 e. The number of benzene rings is 1. The number of ketones is 1. The van der Waals surface area contributed by atoms with E-state index in [1.54, 1.807) is 6.07 Å². The Morgan fingerprint density at radius 1 is 1.46 bits per heavy atom. The molecule has 0 heterocycles. The van der Waals surface area contributed by atoms with Crippen molar-refractivity contribution in [2.75, 3.05) is 0 Å². The summed E-state index contributed by atoms with van der Waals surface area (Å²) < 4.78 is 0. The average molecular weight is 173 g/mol. The number of carbonyl (C=O) groups is 1. The molecule has 1 aliphatic rings. The fraction of sp³-hybridized carbons (Fsp3) is 0.222. The Labute approximate surface area is 74.8 Å². The molecule has 1 aromatic carbocycles. The molecular weight excluding hydrogens is 166 g/mol. The van der Waals surface area contributed by atoms with Crippen molar-refractivity contribution in [3.8, 4) is 0 Å². The van der Waals surface area contributed by atoms with Gasteiger partial charge in [0.05, 0.1) is 6.04 Å². The van der Waals surface area contributed by atoms with Crippen molar-refractivity contribution in [1.29, 1.82) is 0 Å². The van der Waals surface area contributed by atoms with Crippen LogP contribution in [0.4, 0.5) is 0 Å². The lowest BCUT2D eigenvalue weighted by Crippen LogP contribution is -1.89. The highest BCUT2D eigenvalue weighted by Gasteiger charge is 2.27. The van der Waals surface area contributed by atoms with E-state index in [4.69, 9.17) is 5.53 Å². The van der Waals surface area contributed by atoms with Gasteiger partial charge in [-0.1, -0.05) is 29.4 Å². The van der Waals surface area contributed by atoms with Crippen LogP contribution in [0.1, 0.15) is 28.4 Å². The maximum atomic E-state index is 11.4. The Morgan fingerprint density at radius 2 is 2.23 bits per heavy atom. The third-order valence-electron chi connectivity index (χ3n) is 2.19. The van der Waals surface area contributed by atoms with Gasteiger partial charge in [0.25, 0.3) is 0 Å². The number of hydrogen-bond acceptors (Lipinski definition) is 2. The highest BCUT2D eigenvalue weighted by molar-refractivity contribution is 6.01. The molecule has 0 N–H and O–H groups in total. The minimum atomic E-state index is -0.298. The van der Waals surface area contributed by atoms with Crippen LogP contribution in [0.15, 0.2) is 29.4 Å². The van der Waals surface area contributed by atoms with E-state index in [9.17, 15) is 4.79 Å². The lowest BCUT2D eigenvalue weighted by molar-refractivity contribution is 0.0989. The zero-order valence-electron chi connectivity index (χ0n) is 6.84. The van der Waals surface area contributed by atoms with E-state index in [0.717, 1.165) is 5.56 Å². The quantitative estimate of drug-likeness (QED) is 0.365. The molecular formula is C9H7N3O. The molecule has 1 aromatic rings. The third kappa shape index (κ3) is 1.17. The van der Waals surface area contributed by atoms with Crippen LogP contribution in [-0.2, 0) is 0 Å². The third-order valence-corrected chi connectivity index (χ3v) is 2.19. The van der Waals surface area contributed by atoms with E-state index >= 15 is 0 Å². The predicted molar refractivity (Wildman–Crippen MR) is 47.3 cm³/mol. The largest absolute Gasteiger partial charge is 0.294 e. The van der Waals surface area contributed by atoms with Crippen LogP contribution in [-0.4, -0.2) is 5.78 Å². The Bertz CT molecular complexity index is 407. The second-order valence-corrected chi connectivity index (χ2v) is 2.94. The molecule has 0 radical (unpaired) electrons. The van der Waals surface area contributed by atoms with Crippen LogP contribution in [0, 0.1) is 0 Å². The Kier molecular flexibility index (Phi) is 1.76. The van der Waals surface area contributed by atoms with Crippen molar-refractivity contribution in [2.24, 2.45) is 5.11 Å². The van der Waals surface area contributed by atoms with E-state index in [2.05, 4.69) is 10.0 Å². The lowest BCUT2D eigenvalue weighted by atomic mass is 10.1. The molecule has 1 unspecified atom stereocenters. The summed E-state index contributed by atoms with van der Waals surface area (Å²) in [7, 11) is 0. The van der Waals surface area contributed by atoms with Crippen LogP contribution >= 0.6 is 0 Å². The molecule has 2 rings (SSSR count). The fourth-order valence-electron chi connectivity index (χ4n) is 1.60. The topological polar surface area (TPSA) is 65.8 Å². The van der Waals surface area contributed by atoms with Gasteiger partial charge in [-0.15, -0.1) is 0 Å². The molecule has 1 atom stereocenters. The summed E-state index contributed by atoms with van der Waals surface area (Å²) in [4.78, 5) is 14.1. The number of carbonyl (C=O) groups excluding carboxylic acids is 1. The summed E-state index contributed by atoms with van der Waals surface area (Å²) in [5.74, 6) is 0.0630. The molecule has 0 fully saturated rings. The number of nitrogens with zero attached hydrogens (tertiary/aromatic N) is 3. The molecule has 0 saturated heterocycles. The monoisotopic (exact) mass is 173 g/mol. The summed E-state index contributed by atoms with van der Waals surface area (Å²) >= 11 is 0. The van der Waals surface area contributed by atoms with E-state index in [1.165, 1.54) is 0 Å². The zero-order valence-corrected chi connectivity index (χ0v) is 6.84. The molecule has 1 aliphatic carbocycles. The maximum absolute atomic E-state index is 11.4. The van der Waals surface area contributed by atoms with Gasteiger partial charge in [-0.05, 0) is 11.1 Å². The van der Waals surface area contributed by atoms with Gasteiger partial charge in [0.1, 0.15) is 0 Å². The van der Waals surface area contributed by atoms with Gasteiger partial charge in [0.2, 0.25) is 0 Å². The highest BCUT2D eigenvalue weighted by Crippen LogP contribution is 2.33. The van der Waals surface area contributed by atoms with Gasteiger partial charge in [-0.2, -0.15) is 0 Å². The normalized spacial score (nSPS) is 19.4. The van der Waals surface area contributed by atoms with Gasteiger partial charge in [0.15, 0.2) is 5.78 Å². The maximum Gasteiger partial charge on any atom is 0.163 e. The van der Waals surface area contributed by atoms with Crippen molar-refractivity contribution in [1.82, 2.24) is 0 Å². The van der Waals surface area contributed by atoms with E-state index in [0.29, 0.717) is 12.0 Å². The molecule has 0 spiro atoms. The number of fused-ring (bicyclic) bond motifs is 1. The summed E-state index contributed by atoms with van der Waals surface area (Å²) in [6.07, 6.45) is 0.309. The molecule has 64 valence electrons. The van der Waals surface area contributed by atoms with Crippen LogP contribution < -0.4 is 0 Å². The van der Waals surface area contributed by atoms with Gasteiger partial charge in [0, 0.05) is 16.9 Å². The summed E-state index contributed by atoms with van der Waals surface area (Å²) in [5.41, 5.74) is 9.83. The van der Waals surface area contributed by atoms with Crippen molar-refractivity contribution in [3.05, 3.63) is 45.8 Å². The minimum Gasteiger partial charge on any atom is -0.294 e. The number of rotatable bonds is 1. The first kappa shape index (κ1) is 7.83. The SMILES string of the molecule is [N-]=[N+]=NC1CC(=O)c2ccccc21. The standard InChI is InChI=1S/C9H7N3O/c10-12-11-8-5-9(13)7-4-2-1-3-6(7)8/h1-4,8H,5H2. The van der Waals surface area contributed by atoms with Gasteiger partial charge in [-0.3, -0.25) is 4.79 Å². The van der Waals surface area contributed by atoms with E-state index in [-0.39, 0.29) is 11.8 Å². The fourth-order valence-corrected chi connectivity index (χ4v) is 1.60. The first-order valence-electron chi connectivity index (χ1n) is 3.99. The molecule has 0 aromatic heterocycles. The first-order chi connectivity index (χ1) is 6.33. The van der Waals surface area contributed by atoms with Crippen LogP contribution in [0.3, 0.4) is 0 Å². The van der Waals surface area contributed by atoms with E-state index in [1.807, 2.05) is 18.2 Å². The summed E-state index contributed by atoms with van der Waals surface area (Å²) in [5, 5.41) is 3.58. The van der Waals surface area contributed by atoms with Crippen LogP contribution in [0.25, 0.3) is 10.4 Å². The predicted octanol–water partition coefficient (Wildman–Crippen LogP) is 2.62. The zero-order chi connectivity index (χ0) is 9.26. The Hall–Kier alpha value is -1.80. The van der Waals surface area contributed by atoms with Crippen molar-refractivity contribution in [2.45, 2.75) is 12.5 Å². The molecule has 0 amide bonds. The minimum absolute atomic E-state index is 0.0630. The number of Topliss-reactive ketones (excluding diaryl/α,β-unsaturated/α-hetero) is 1. The molecule has 0 bridgehead atoms. The van der Waals surface area contributed by atoms with Gasteiger partial charge >= 0.3 is 0 Å². The Morgan fingerprint density at radius 3 is 3.00 bits per heavy atom. The number of hydrogen-bond donors (Lipinski definition) is 0. The highest BCUT2D eigenvalue weighted by atomic mass is 16.1. The van der Waals surface area contributed by atoms with Crippen LogP contribution in [0.2, 0.25) is 0 Å². The molecule has 4 nitrogen and oxygen atoms in total. The second-order valence-electron chi connectivity index (χ2n) is 2.94. The Balaban J connectivity index is 2.52. The van der Waals surface area contributed by atoms with Gasteiger partial charge in [-0.25, -0.2) is 0 Å². The molecule has 4 heteroatoms. The lowest BCUT2D eigenvalue weighted by Gasteiger charge is -2.00. The van der Waals surface area contributed by atoms with Crippen molar-refractivity contribution < 1.29 is 4.79 Å². The second kappa shape index (κ2) is 2.92. The summed E-state index contributed by atoms with van der Waals surface area (Å²) in [6.45, 7) is 0. The molecule has 13 heavy (non-hydrogen) atoms. The van der Waals surface area contributed by atoms with E-state index < -0.39 is 0 Å². The number of azide groups is 1. The summed E-state index contributed by atoms with van der Waals surface area (Å²) in [6, 6.07) is 6.96. The molecule has 0 saturated carbocycles. The molecule has 0 aliphatic heterocycles. The van der Waals surface area contributed by atoms with Crippen LogP contribution in [0.5, 0.6) is 0 Å². The van der Waals surface area contributed by atoms with Gasteiger partial charge < -0.3 is 0 Å². The average Bonchev–Trinajstić information content (AvgIpc) is 2.46. The van der Waals surface area contributed by atoms with Crippen molar-refractivity contribution in [3.63, 3.8) is 0 Å². The van der Waals surface area contributed by atoms with Crippen molar-refractivity contribution >= 4 is 5.78 Å². The first-order valence-corrected chi connectivity index (χ1v) is 3.99.